The zero-order valence-electron chi connectivity index (χ0n) is 20.7. The third kappa shape index (κ3) is 7.20. The molecule has 0 saturated heterocycles. The van der Waals surface area contributed by atoms with Gasteiger partial charge in [-0.3, -0.25) is 9.59 Å². The van der Waals surface area contributed by atoms with E-state index in [9.17, 15) is 9.59 Å². The number of benzene rings is 4. The highest BCUT2D eigenvalue weighted by atomic mass is 35.5. The van der Waals surface area contributed by atoms with Crippen LogP contribution in [0.1, 0.15) is 31.8 Å². The van der Waals surface area contributed by atoms with Crippen molar-refractivity contribution in [1.82, 2.24) is 0 Å². The van der Waals surface area contributed by atoms with E-state index in [0.717, 1.165) is 11.4 Å². The molecule has 184 valence electrons. The topological polar surface area (TPSA) is 40.6 Å². The van der Waals surface area contributed by atoms with Crippen molar-refractivity contribution in [3.63, 3.8) is 0 Å². The van der Waals surface area contributed by atoms with E-state index in [-0.39, 0.29) is 11.6 Å². The molecule has 6 heteroatoms. The molecule has 4 aromatic carbocycles. The smallest absolute Gasteiger partial charge is 0.193 e. The third-order valence-corrected chi connectivity index (χ3v) is 6.01. The molecule has 0 atom stereocenters. The minimum Gasteiger partial charge on any atom is -0.378 e. The van der Waals surface area contributed by atoms with E-state index in [1.165, 1.54) is 0 Å². The molecule has 36 heavy (non-hydrogen) atoms. The first-order valence-corrected chi connectivity index (χ1v) is 12.1. The SMILES string of the molecule is CN(C)c1ccc(C(=O)c2ccc(N(C)C)cc2)cc1.O=C(c1ccc(Cl)cc1)c1ccc(Cl)cc1. The quantitative estimate of drug-likeness (QED) is 0.251. The van der Waals surface area contributed by atoms with Crippen molar-refractivity contribution in [2.75, 3.05) is 38.0 Å². The molecular weight excluding hydrogens is 491 g/mol. The minimum absolute atomic E-state index is 0.0340. The lowest BCUT2D eigenvalue weighted by molar-refractivity contribution is 0.103. The van der Waals surface area contributed by atoms with E-state index in [2.05, 4.69) is 0 Å². The molecule has 0 heterocycles. The average molecular weight is 519 g/mol. The zero-order chi connectivity index (χ0) is 26.2. The van der Waals surface area contributed by atoms with Gasteiger partial charge in [-0.25, -0.2) is 0 Å². The molecule has 0 aliphatic heterocycles. The summed E-state index contributed by atoms with van der Waals surface area (Å²) < 4.78 is 0. The Morgan fingerprint density at radius 1 is 0.444 bits per heavy atom. The summed E-state index contributed by atoms with van der Waals surface area (Å²) >= 11 is 11.5. The van der Waals surface area contributed by atoms with Gasteiger partial charge in [0.2, 0.25) is 0 Å². The molecule has 4 aromatic rings. The lowest BCUT2D eigenvalue weighted by Gasteiger charge is -2.13. The van der Waals surface area contributed by atoms with Gasteiger partial charge >= 0.3 is 0 Å². The van der Waals surface area contributed by atoms with E-state index in [1.54, 1.807) is 48.5 Å². The normalized spacial score (nSPS) is 10.2. The van der Waals surface area contributed by atoms with Gasteiger partial charge in [0.1, 0.15) is 0 Å². The predicted molar refractivity (Wildman–Crippen MR) is 151 cm³/mol. The molecular formula is C30H28Cl2N2O2. The summed E-state index contributed by atoms with van der Waals surface area (Å²) in [5.74, 6) is 0.0222. The fourth-order valence-electron chi connectivity index (χ4n) is 3.36. The highest BCUT2D eigenvalue weighted by molar-refractivity contribution is 6.31. The van der Waals surface area contributed by atoms with E-state index >= 15 is 0 Å². The fourth-order valence-corrected chi connectivity index (χ4v) is 3.61. The van der Waals surface area contributed by atoms with Crippen LogP contribution in [-0.4, -0.2) is 39.8 Å². The Balaban J connectivity index is 0.000000205. The van der Waals surface area contributed by atoms with Crippen molar-refractivity contribution in [2.24, 2.45) is 0 Å². The summed E-state index contributed by atoms with van der Waals surface area (Å²) in [4.78, 5) is 28.4. The number of anilines is 2. The minimum atomic E-state index is -0.0340. The lowest BCUT2D eigenvalue weighted by Crippen LogP contribution is -2.10. The molecule has 0 bridgehead atoms. The molecule has 0 spiro atoms. The first-order valence-electron chi connectivity index (χ1n) is 11.3. The van der Waals surface area contributed by atoms with Gasteiger partial charge in [-0.2, -0.15) is 0 Å². The second-order valence-corrected chi connectivity index (χ2v) is 9.43. The summed E-state index contributed by atoms with van der Waals surface area (Å²) in [5, 5.41) is 1.24. The number of halogens is 2. The molecule has 0 aliphatic carbocycles. The van der Waals surface area contributed by atoms with Crippen LogP contribution in [0.25, 0.3) is 0 Å². The fraction of sp³-hybridized carbons (Fsp3) is 0.133. The van der Waals surface area contributed by atoms with Gasteiger partial charge in [0, 0.05) is 71.9 Å². The molecule has 0 amide bonds. The van der Waals surface area contributed by atoms with E-state index < -0.39 is 0 Å². The van der Waals surface area contributed by atoms with Gasteiger partial charge in [-0.15, -0.1) is 0 Å². The van der Waals surface area contributed by atoms with Crippen LogP contribution < -0.4 is 9.80 Å². The highest BCUT2D eigenvalue weighted by Crippen LogP contribution is 2.18. The number of rotatable bonds is 6. The summed E-state index contributed by atoms with van der Waals surface area (Å²) in [7, 11) is 7.93. The first-order chi connectivity index (χ1) is 17.2. The zero-order valence-corrected chi connectivity index (χ0v) is 22.2. The molecule has 0 aromatic heterocycles. The number of nitrogens with zero attached hydrogens (tertiary/aromatic N) is 2. The van der Waals surface area contributed by atoms with Gasteiger partial charge in [0.15, 0.2) is 11.6 Å². The summed E-state index contributed by atoms with van der Waals surface area (Å²) in [6.45, 7) is 0. The monoisotopic (exact) mass is 518 g/mol. The Hall–Kier alpha value is -3.60. The molecule has 0 unspecified atom stereocenters. The van der Waals surface area contributed by atoms with Crippen molar-refractivity contribution in [3.8, 4) is 0 Å². The van der Waals surface area contributed by atoms with Gasteiger partial charge < -0.3 is 9.80 Å². The summed E-state index contributed by atoms with van der Waals surface area (Å²) in [5.41, 5.74) is 4.84. The van der Waals surface area contributed by atoms with Crippen LogP contribution in [0.4, 0.5) is 11.4 Å². The molecule has 4 nitrogen and oxygen atoms in total. The van der Waals surface area contributed by atoms with Crippen molar-refractivity contribution >= 4 is 46.1 Å². The van der Waals surface area contributed by atoms with E-state index in [1.807, 2.05) is 86.5 Å². The lowest BCUT2D eigenvalue weighted by atomic mass is 10.0. The molecule has 0 N–H and O–H groups in total. The average Bonchev–Trinajstić information content (AvgIpc) is 2.89. The highest BCUT2D eigenvalue weighted by Gasteiger charge is 2.10. The van der Waals surface area contributed by atoms with Gasteiger partial charge in [-0.05, 0) is 97.1 Å². The maximum Gasteiger partial charge on any atom is 0.193 e. The second kappa shape index (κ2) is 12.4. The van der Waals surface area contributed by atoms with Crippen LogP contribution in [0.15, 0.2) is 97.1 Å². The van der Waals surface area contributed by atoms with E-state index in [4.69, 9.17) is 23.2 Å². The largest absolute Gasteiger partial charge is 0.378 e. The number of hydrogen-bond donors (Lipinski definition) is 0. The van der Waals surface area contributed by atoms with Crippen LogP contribution >= 0.6 is 23.2 Å². The summed E-state index contributed by atoms with van der Waals surface area (Å²) in [6, 6.07) is 29.0. The van der Waals surface area contributed by atoms with Gasteiger partial charge in [-0.1, -0.05) is 23.2 Å². The Labute approximate surface area is 222 Å². The predicted octanol–water partition coefficient (Wildman–Crippen LogP) is 7.27. The Morgan fingerprint density at radius 2 is 0.667 bits per heavy atom. The maximum absolute atomic E-state index is 12.4. The third-order valence-electron chi connectivity index (χ3n) is 5.50. The van der Waals surface area contributed by atoms with Crippen molar-refractivity contribution in [2.45, 2.75) is 0 Å². The van der Waals surface area contributed by atoms with Crippen LogP contribution in [0, 0.1) is 0 Å². The molecule has 4 rings (SSSR count). The Bertz CT molecular complexity index is 1200. The second-order valence-electron chi connectivity index (χ2n) is 8.55. The standard InChI is InChI=1S/C17H20N2O.C13H8Cl2O/c1-18(2)15-9-5-13(6-10-15)17(20)14-7-11-16(12-8-14)19(3)4;14-11-5-1-9(2-6-11)13(16)10-3-7-12(15)8-4-10/h5-12H,1-4H3;1-8H. The van der Waals surface area contributed by atoms with Gasteiger partial charge in [0.05, 0.1) is 0 Å². The number of carbonyl (C=O) groups excluding carboxylic acids is 2. The molecule has 0 saturated carbocycles. The maximum atomic E-state index is 12.4. The number of hydrogen-bond acceptors (Lipinski definition) is 4. The van der Waals surface area contributed by atoms with Crippen molar-refractivity contribution < 1.29 is 9.59 Å². The number of carbonyl (C=O) groups is 2. The summed E-state index contributed by atoms with van der Waals surface area (Å²) in [6.07, 6.45) is 0. The molecule has 0 fully saturated rings. The van der Waals surface area contributed by atoms with E-state index in [0.29, 0.717) is 32.3 Å². The van der Waals surface area contributed by atoms with Crippen LogP contribution in [-0.2, 0) is 0 Å². The van der Waals surface area contributed by atoms with Crippen LogP contribution in [0.5, 0.6) is 0 Å². The Morgan fingerprint density at radius 3 is 0.889 bits per heavy atom. The van der Waals surface area contributed by atoms with Gasteiger partial charge in [0.25, 0.3) is 0 Å². The van der Waals surface area contributed by atoms with Crippen LogP contribution in [0.2, 0.25) is 10.0 Å². The molecule has 0 aliphatic rings. The van der Waals surface area contributed by atoms with Crippen molar-refractivity contribution in [1.29, 1.82) is 0 Å². The molecule has 0 radical (unpaired) electrons. The van der Waals surface area contributed by atoms with Crippen molar-refractivity contribution in [3.05, 3.63) is 129 Å². The van der Waals surface area contributed by atoms with Crippen LogP contribution in [0.3, 0.4) is 0 Å². The number of ketones is 2. The Kier molecular flexibility index (Phi) is 9.29. The first kappa shape index (κ1) is 27.0.